The molecule has 0 radical (unpaired) electrons. The summed E-state index contributed by atoms with van der Waals surface area (Å²) in [6.07, 6.45) is 6.45. The van der Waals surface area contributed by atoms with E-state index in [2.05, 4.69) is 21.8 Å². The normalized spacial score (nSPS) is 14.7. The number of pyridine rings is 1. The highest BCUT2D eigenvalue weighted by Crippen LogP contribution is 2.29. The molecule has 0 unspecified atom stereocenters. The van der Waals surface area contributed by atoms with Gasteiger partial charge in [-0.2, -0.15) is 0 Å². The number of ether oxygens (including phenoxy) is 1. The highest BCUT2D eigenvalue weighted by atomic mass is 19.1. The first kappa shape index (κ1) is 21.7. The summed E-state index contributed by atoms with van der Waals surface area (Å²) >= 11 is 0. The Hall–Kier alpha value is -3.51. The molecule has 0 amide bonds. The minimum Gasteiger partial charge on any atom is -0.497 e. The minimum atomic E-state index is -0.434. The number of aromatic nitrogens is 1. The number of nitrogens with zero attached hydrogens (tertiary/aromatic N) is 3. The molecule has 1 aliphatic rings. The third-order valence-electron chi connectivity index (χ3n) is 5.72. The molecule has 1 saturated heterocycles. The van der Waals surface area contributed by atoms with Crippen molar-refractivity contribution in [2.24, 2.45) is 0 Å². The van der Waals surface area contributed by atoms with Gasteiger partial charge in [0, 0.05) is 67.0 Å². The minimum absolute atomic E-state index is 0.167. The predicted molar refractivity (Wildman–Crippen MR) is 126 cm³/mol. The first-order valence-electron chi connectivity index (χ1n) is 10.6. The van der Waals surface area contributed by atoms with Crippen molar-refractivity contribution in [2.45, 2.75) is 0 Å². The molecule has 1 aromatic heterocycles. The SMILES string of the molecule is COc1ccc(/C=C/C(=O)c2cc(-c3cccnc3)ccc2N2CCN(C)CC2)c(F)c1. The zero-order chi connectivity index (χ0) is 22.5. The van der Waals surface area contributed by atoms with Gasteiger partial charge in [-0.25, -0.2) is 4.39 Å². The standard InChI is InChI=1S/C26H26FN3O2/c1-29-12-14-30(15-13-29)25-9-6-20(21-4-3-11-28-18-21)16-23(25)26(31)10-7-19-5-8-22(32-2)17-24(19)27/h3-11,16-18H,12-15H2,1-2H3/b10-7+. The maximum atomic E-state index is 14.3. The highest BCUT2D eigenvalue weighted by molar-refractivity contribution is 6.11. The maximum absolute atomic E-state index is 14.3. The third kappa shape index (κ3) is 4.86. The van der Waals surface area contributed by atoms with Crippen LogP contribution in [0.15, 0.2) is 67.0 Å². The van der Waals surface area contributed by atoms with Crippen molar-refractivity contribution < 1.29 is 13.9 Å². The Balaban J connectivity index is 1.68. The van der Waals surface area contributed by atoms with E-state index in [-0.39, 0.29) is 5.78 Å². The molecule has 2 aromatic carbocycles. The summed E-state index contributed by atoms with van der Waals surface area (Å²) in [5.41, 5.74) is 3.69. The zero-order valence-electron chi connectivity index (χ0n) is 18.3. The summed E-state index contributed by atoms with van der Waals surface area (Å²) < 4.78 is 19.4. The summed E-state index contributed by atoms with van der Waals surface area (Å²) in [5.74, 6) is -0.163. The Labute approximate surface area is 187 Å². The quantitative estimate of drug-likeness (QED) is 0.423. The summed E-state index contributed by atoms with van der Waals surface area (Å²) in [4.78, 5) is 22.0. The topological polar surface area (TPSA) is 45.7 Å². The van der Waals surface area contributed by atoms with Crippen molar-refractivity contribution in [3.05, 3.63) is 83.9 Å². The van der Waals surface area contributed by atoms with Crippen LogP contribution in [0, 0.1) is 5.82 Å². The van der Waals surface area contributed by atoms with Gasteiger partial charge in [-0.3, -0.25) is 9.78 Å². The largest absolute Gasteiger partial charge is 0.497 e. The van der Waals surface area contributed by atoms with Crippen molar-refractivity contribution in [2.75, 3.05) is 45.2 Å². The van der Waals surface area contributed by atoms with E-state index < -0.39 is 5.82 Å². The number of piperazine rings is 1. The van der Waals surface area contributed by atoms with Crippen LogP contribution in [0.5, 0.6) is 5.75 Å². The molecule has 3 aromatic rings. The van der Waals surface area contributed by atoms with Crippen molar-refractivity contribution >= 4 is 17.5 Å². The average Bonchev–Trinajstić information content (AvgIpc) is 2.83. The lowest BCUT2D eigenvalue weighted by atomic mass is 9.99. The molecule has 0 bridgehead atoms. The van der Waals surface area contributed by atoms with Crippen LogP contribution in [0.1, 0.15) is 15.9 Å². The van der Waals surface area contributed by atoms with Crippen LogP contribution in [0.4, 0.5) is 10.1 Å². The molecule has 164 valence electrons. The Morgan fingerprint density at radius 3 is 2.56 bits per heavy atom. The number of carbonyl (C=O) groups excluding carboxylic acids is 1. The number of anilines is 1. The summed E-state index contributed by atoms with van der Waals surface area (Å²) in [6, 6.07) is 14.4. The molecule has 0 spiro atoms. The number of methoxy groups -OCH3 is 1. The number of hydrogen-bond acceptors (Lipinski definition) is 5. The molecular formula is C26H26FN3O2. The molecule has 1 aliphatic heterocycles. The Morgan fingerprint density at radius 1 is 1.06 bits per heavy atom. The van der Waals surface area contributed by atoms with E-state index in [1.54, 1.807) is 24.5 Å². The second-order valence-corrected chi connectivity index (χ2v) is 7.85. The number of ketones is 1. The van der Waals surface area contributed by atoms with E-state index in [1.807, 2.05) is 30.3 Å². The average molecular weight is 432 g/mol. The molecule has 6 heteroatoms. The lowest BCUT2D eigenvalue weighted by molar-refractivity contribution is 0.104. The monoisotopic (exact) mass is 431 g/mol. The van der Waals surface area contributed by atoms with Crippen molar-refractivity contribution in [3.63, 3.8) is 0 Å². The Kier molecular flexibility index (Phi) is 6.61. The lowest BCUT2D eigenvalue weighted by Crippen LogP contribution is -2.45. The maximum Gasteiger partial charge on any atom is 0.187 e. The van der Waals surface area contributed by atoms with Gasteiger partial charge in [0.05, 0.1) is 7.11 Å². The number of likely N-dealkylation sites (N-methyl/N-ethyl adjacent to an activating group) is 1. The molecule has 0 aliphatic carbocycles. The number of allylic oxidation sites excluding steroid dienone is 1. The fourth-order valence-electron chi connectivity index (χ4n) is 3.79. The van der Waals surface area contributed by atoms with Gasteiger partial charge in [0.1, 0.15) is 11.6 Å². The molecule has 0 saturated carbocycles. The molecule has 0 atom stereocenters. The molecule has 2 heterocycles. The third-order valence-corrected chi connectivity index (χ3v) is 5.72. The number of rotatable bonds is 6. The van der Waals surface area contributed by atoms with Gasteiger partial charge in [0.25, 0.3) is 0 Å². The van der Waals surface area contributed by atoms with E-state index in [0.717, 1.165) is 43.0 Å². The number of carbonyl (C=O) groups is 1. The molecule has 4 rings (SSSR count). The second-order valence-electron chi connectivity index (χ2n) is 7.85. The van der Waals surface area contributed by atoms with Gasteiger partial charge in [0.15, 0.2) is 5.78 Å². The van der Waals surface area contributed by atoms with Gasteiger partial charge in [0.2, 0.25) is 0 Å². The zero-order valence-corrected chi connectivity index (χ0v) is 18.3. The Morgan fingerprint density at radius 2 is 1.88 bits per heavy atom. The fraction of sp³-hybridized carbons (Fsp3) is 0.231. The molecule has 32 heavy (non-hydrogen) atoms. The summed E-state index contributed by atoms with van der Waals surface area (Å²) in [5, 5.41) is 0. The summed E-state index contributed by atoms with van der Waals surface area (Å²) in [6.45, 7) is 3.56. The van der Waals surface area contributed by atoms with Crippen LogP contribution in [-0.2, 0) is 0 Å². The van der Waals surface area contributed by atoms with Crippen LogP contribution in [0.25, 0.3) is 17.2 Å². The van der Waals surface area contributed by atoms with E-state index in [4.69, 9.17) is 4.74 Å². The van der Waals surface area contributed by atoms with Crippen molar-refractivity contribution in [1.82, 2.24) is 9.88 Å². The molecule has 5 nitrogen and oxygen atoms in total. The van der Waals surface area contributed by atoms with E-state index in [1.165, 1.54) is 25.3 Å². The van der Waals surface area contributed by atoms with Gasteiger partial charge in [-0.1, -0.05) is 12.1 Å². The first-order chi connectivity index (χ1) is 15.5. The first-order valence-corrected chi connectivity index (χ1v) is 10.6. The number of hydrogen-bond donors (Lipinski definition) is 0. The van der Waals surface area contributed by atoms with Crippen molar-refractivity contribution in [1.29, 1.82) is 0 Å². The molecular weight excluding hydrogens is 405 g/mol. The van der Waals surface area contributed by atoms with Crippen LogP contribution in [-0.4, -0.2) is 56.0 Å². The van der Waals surface area contributed by atoms with Gasteiger partial charge < -0.3 is 14.5 Å². The Bertz CT molecular complexity index is 1120. The van der Waals surface area contributed by atoms with Gasteiger partial charge in [-0.05, 0) is 55.1 Å². The summed E-state index contributed by atoms with van der Waals surface area (Å²) in [7, 11) is 3.59. The second kappa shape index (κ2) is 9.75. The molecule has 0 N–H and O–H groups in total. The van der Waals surface area contributed by atoms with E-state index >= 15 is 0 Å². The highest BCUT2D eigenvalue weighted by Gasteiger charge is 2.20. The number of benzene rings is 2. The van der Waals surface area contributed by atoms with E-state index in [0.29, 0.717) is 16.9 Å². The predicted octanol–water partition coefficient (Wildman–Crippen LogP) is 4.54. The van der Waals surface area contributed by atoms with Crippen LogP contribution in [0.3, 0.4) is 0 Å². The van der Waals surface area contributed by atoms with Crippen LogP contribution >= 0.6 is 0 Å². The van der Waals surface area contributed by atoms with Gasteiger partial charge in [-0.15, -0.1) is 0 Å². The van der Waals surface area contributed by atoms with Crippen LogP contribution in [0.2, 0.25) is 0 Å². The van der Waals surface area contributed by atoms with E-state index in [9.17, 15) is 9.18 Å². The lowest BCUT2D eigenvalue weighted by Gasteiger charge is -2.35. The number of halogens is 1. The van der Waals surface area contributed by atoms with Crippen LogP contribution < -0.4 is 9.64 Å². The van der Waals surface area contributed by atoms with Gasteiger partial charge >= 0.3 is 0 Å². The molecule has 1 fully saturated rings. The smallest absolute Gasteiger partial charge is 0.187 e. The fourth-order valence-corrected chi connectivity index (χ4v) is 3.79. The van der Waals surface area contributed by atoms with Crippen molar-refractivity contribution in [3.8, 4) is 16.9 Å².